The Morgan fingerprint density at radius 3 is 2.81 bits per heavy atom. The van der Waals surface area contributed by atoms with Crippen LogP contribution in [0.4, 0.5) is 5.82 Å². The molecule has 4 nitrogen and oxygen atoms in total. The van der Waals surface area contributed by atoms with Crippen LogP contribution in [-0.2, 0) is 11.3 Å². The van der Waals surface area contributed by atoms with E-state index in [0.29, 0.717) is 18.9 Å². The van der Waals surface area contributed by atoms with Crippen molar-refractivity contribution in [3.63, 3.8) is 0 Å². The highest BCUT2D eigenvalue weighted by Crippen LogP contribution is 2.34. The molecular weight excluding hydrogens is 262 g/mol. The molecule has 116 valence electrons. The van der Waals surface area contributed by atoms with Crippen LogP contribution in [0.2, 0.25) is 0 Å². The smallest absolute Gasteiger partial charge is 0.222 e. The zero-order valence-corrected chi connectivity index (χ0v) is 13.6. The number of aromatic nitrogens is 1. The first-order valence-electron chi connectivity index (χ1n) is 7.81. The molecule has 2 heterocycles. The van der Waals surface area contributed by atoms with Crippen molar-refractivity contribution >= 4 is 11.7 Å². The summed E-state index contributed by atoms with van der Waals surface area (Å²) in [5, 5.41) is 3.10. The molecule has 0 bridgehead atoms. The Bertz CT molecular complexity index is 493. The van der Waals surface area contributed by atoms with Gasteiger partial charge in [0.25, 0.3) is 0 Å². The molecule has 1 unspecified atom stereocenters. The van der Waals surface area contributed by atoms with Gasteiger partial charge in [-0.2, -0.15) is 0 Å². The number of nitrogens with zero attached hydrogens (tertiary/aromatic N) is 2. The summed E-state index contributed by atoms with van der Waals surface area (Å²) in [7, 11) is 1.87. The lowest BCUT2D eigenvalue weighted by Gasteiger charge is -2.29. The fourth-order valence-corrected chi connectivity index (χ4v) is 3.07. The van der Waals surface area contributed by atoms with E-state index in [1.807, 2.05) is 24.1 Å². The Morgan fingerprint density at radius 1 is 1.38 bits per heavy atom. The normalized spacial score (nSPS) is 20.3. The predicted molar refractivity (Wildman–Crippen MR) is 86.0 cm³/mol. The van der Waals surface area contributed by atoms with Crippen LogP contribution in [0.3, 0.4) is 0 Å². The van der Waals surface area contributed by atoms with Gasteiger partial charge in [0.05, 0.1) is 0 Å². The molecule has 0 spiro atoms. The van der Waals surface area contributed by atoms with Crippen LogP contribution in [0.1, 0.15) is 45.6 Å². The fourth-order valence-electron chi connectivity index (χ4n) is 3.07. The van der Waals surface area contributed by atoms with Crippen molar-refractivity contribution in [3.05, 3.63) is 23.9 Å². The van der Waals surface area contributed by atoms with Crippen LogP contribution in [0.25, 0.3) is 0 Å². The minimum Gasteiger partial charge on any atom is -0.373 e. The highest BCUT2D eigenvalue weighted by Gasteiger charge is 2.30. The Kier molecular flexibility index (Phi) is 4.86. The molecule has 1 N–H and O–H groups in total. The quantitative estimate of drug-likeness (QED) is 0.928. The van der Waals surface area contributed by atoms with Crippen LogP contribution in [0, 0.1) is 11.3 Å². The minimum atomic E-state index is 0.271. The summed E-state index contributed by atoms with van der Waals surface area (Å²) >= 11 is 0. The van der Waals surface area contributed by atoms with Crippen LogP contribution in [-0.4, -0.2) is 29.4 Å². The van der Waals surface area contributed by atoms with E-state index >= 15 is 0 Å². The van der Waals surface area contributed by atoms with Gasteiger partial charge in [-0.25, -0.2) is 4.98 Å². The van der Waals surface area contributed by atoms with E-state index in [4.69, 9.17) is 0 Å². The predicted octanol–water partition coefficient (Wildman–Crippen LogP) is 3.30. The SMILES string of the molecule is CNc1ncccc1CN1CCC(C(C)(C)C)CCC1=O. The van der Waals surface area contributed by atoms with Crippen LogP contribution < -0.4 is 5.32 Å². The molecule has 1 fully saturated rings. The van der Waals surface area contributed by atoms with Gasteiger partial charge >= 0.3 is 0 Å². The minimum absolute atomic E-state index is 0.271. The lowest BCUT2D eigenvalue weighted by molar-refractivity contribution is -0.131. The number of carbonyl (C=O) groups excluding carboxylic acids is 1. The molecular formula is C17H27N3O. The Balaban J connectivity index is 2.08. The maximum Gasteiger partial charge on any atom is 0.222 e. The highest BCUT2D eigenvalue weighted by atomic mass is 16.2. The van der Waals surface area contributed by atoms with Gasteiger partial charge in [-0.15, -0.1) is 0 Å². The van der Waals surface area contributed by atoms with Gasteiger partial charge in [0.1, 0.15) is 5.82 Å². The second kappa shape index (κ2) is 6.46. The first kappa shape index (κ1) is 15.8. The molecule has 1 saturated heterocycles. The second-order valence-corrected chi connectivity index (χ2v) is 6.97. The zero-order valence-electron chi connectivity index (χ0n) is 13.6. The summed E-state index contributed by atoms with van der Waals surface area (Å²) in [6.07, 6.45) is 4.53. The number of amides is 1. The number of hydrogen-bond acceptors (Lipinski definition) is 3. The van der Waals surface area contributed by atoms with Crippen molar-refractivity contribution in [2.24, 2.45) is 11.3 Å². The molecule has 1 atom stereocenters. The van der Waals surface area contributed by atoms with Crippen LogP contribution in [0.15, 0.2) is 18.3 Å². The van der Waals surface area contributed by atoms with E-state index in [1.54, 1.807) is 6.20 Å². The number of anilines is 1. The topological polar surface area (TPSA) is 45.2 Å². The number of hydrogen-bond donors (Lipinski definition) is 1. The summed E-state index contributed by atoms with van der Waals surface area (Å²) in [6, 6.07) is 3.97. The standard InChI is InChI=1S/C17H27N3O/c1-17(2,3)14-7-8-15(21)20(11-9-14)12-13-6-5-10-19-16(13)18-4/h5-6,10,14H,7-9,11-12H2,1-4H3,(H,18,19). The summed E-state index contributed by atoms with van der Waals surface area (Å²) in [5.74, 6) is 1.75. The fraction of sp³-hybridized carbons (Fsp3) is 0.647. The van der Waals surface area contributed by atoms with E-state index < -0.39 is 0 Å². The van der Waals surface area contributed by atoms with Crippen LogP contribution in [0.5, 0.6) is 0 Å². The molecule has 1 amide bonds. The molecule has 4 heteroatoms. The van der Waals surface area contributed by atoms with Crippen LogP contribution >= 0.6 is 0 Å². The number of likely N-dealkylation sites (tertiary alicyclic amines) is 1. The molecule has 1 aliphatic heterocycles. The third-order valence-electron chi connectivity index (χ3n) is 4.52. The lowest BCUT2D eigenvalue weighted by atomic mass is 9.77. The van der Waals surface area contributed by atoms with E-state index in [1.165, 1.54) is 0 Å². The maximum absolute atomic E-state index is 12.4. The third-order valence-corrected chi connectivity index (χ3v) is 4.52. The molecule has 1 aliphatic rings. The number of rotatable bonds is 3. The molecule has 0 aromatic carbocycles. The van der Waals surface area contributed by atoms with Gasteiger partial charge in [-0.1, -0.05) is 26.8 Å². The van der Waals surface area contributed by atoms with Gasteiger partial charge in [0.2, 0.25) is 5.91 Å². The molecule has 1 aromatic heterocycles. The Morgan fingerprint density at radius 2 is 2.14 bits per heavy atom. The van der Waals surface area contributed by atoms with Crippen molar-refractivity contribution in [3.8, 4) is 0 Å². The van der Waals surface area contributed by atoms with E-state index in [0.717, 1.165) is 30.8 Å². The molecule has 1 aromatic rings. The molecule has 2 rings (SSSR count). The maximum atomic E-state index is 12.4. The number of nitrogens with one attached hydrogen (secondary N) is 1. The first-order valence-corrected chi connectivity index (χ1v) is 7.81. The summed E-state index contributed by atoms with van der Waals surface area (Å²) in [5.41, 5.74) is 1.36. The zero-order chi connectivity index (χ0) is 15.5. The molecule has 0 saturated carbocycles. The molecule has 0 radical (unpaired) electrons. The Hall–Kier alpha value is -1.58. The van der Waals surface area contributed by atoms with Crippen molar-refractivity contribution in [1.82, 2.24) is 9.88 Å². The van der Waals surface area contributed by atoms with Crippen molar-refractivity contribution in [2.45, 2.75) is 46.6 Å². The first-order chi connectivity index (χ1) is 9.91. The van der Waals surface area contributed by atoms with Crippen molar-refractivity contribution in [2.75, 3.05) is 18.9 Å². The van der Waals surface area contributed by atoms with Gasteiger partial charge in [0.15, 0.2) is 0 Å². The average Bonchev–Trinajstić information content (AvgIpc) is 2.62. The van der Waals surface area contributed by atoms with Gasteiger partial charge in [-0.05, 0) is 30.2 Å². The van der Waals surface area contributed by atoms with E-state index in [9.17, 15) is 4.79 Å². The van der Waals surface area contributed by atoms with Crippen molar-refractivity contribution in [1.29, 1.82) is 0 Å². The molecule has 21 heavy (non-hydrogen) atoms. The van der Waals surface area contributed by atoms with Crippen molar-refractivity contribution < 1.29 is 4.79 Å². The largest absolute Gasteiger partial charge is 0.373 e. The second-order valence-electron chi connectivity index (χ2n) is 6.97. The molecule has 0 aliphatic carbocycles. The van der Waals surface area contributed by atoms with E-state index in [-0.39, 0.29) is 11.3 Å². The van der Waals surface area contributed by atoms with Gasteiger partial charge in [0, 0.05) is 38.3 Å². The highest BCUT2D eigenvalue weighted by molar-refractivity contribution is 5.76. The lowest BCUT2D eigenvalue weighted by Crippen LogP contribution is -2.30. The summed E-state index contributed by atoms with van der Waals surface area (Å²) in [6.45, 7) is 8.33. The van der Waals surface area contributed by atoms with Gasteiger partial charge in [-0.3, -0.25) is 4.79 Å². The van der Waals surface area contributed by atoms with E-state index in [2.05, 4.69) is 31.1 Å². The summed E-state index contributed by atoms with van der Waals surface area (Å²) < 4.78 is 0. The monoisotopic (exact) mass is 289 g/mol. The Labute approximate surface area is 127 Å². The van der Waals surface area contributed by atoms with Gasteiger partial charge < -0.3 is 10.2 Å². The average molecular weight is 289 g/mol. The third kappa shape index (κ3) is 3.96. The number of pyridine rings is 1. The number of carbonyl (C=O) groups is 1. The summed E-state index contributed by atoms with van der Waals surface area (Å²) in [4.78, 5) is 18.7.